The van der Waals surface area contributed by atoms with Crippen LogP contribution in [0, 0.1) is 19.8 Å². The molecule has 6 nitrogen and oxygen atoms in total. The van der Waals surface area contributed by atoms with E-state index in [0.717, 1.165) is 44.0 Å². The van der Waals surface area contributed by atoms with Crippen LogP contribution in [0.25, 0.3) is 0 Å². The number of urea groups is 1. The van der Waals surface area contributed by atoms with Crippen molar-refractivity contribution in [2.24, 2.45) is 5.92 Å². The molecule has 23 heavy (non-hydrogen) atoms. The van der Waals surface area contributed by atoms with Crippen molar-refractivity contribution in [2.45, 2.75) is 34.2 Å². The van der Waals surface area contributed by atoms with Crippen molar-refractivity contribution in [3.63, 3.8) is 0 Å². The maximum Gasteiger partial charge on any atom is 0.317 e. The summed E-state index contributed by atoms with van der Waals surface area (Å²) in [5, 5.41) is 2.87. The van der Waals surface area contributed by atoms with Crippen LogP contribution in [0.4, 0.5) is 4.79 Å². The topological polar surface area (TPSA) is 68.4 Å². The first-order valence-electron chi connectivity index (χ1n) is 8.31. The predicted octanol–water partition coefficient (Wildman–Crippen LogP) is 1.47. The van der Waals surface area contributed by atoms with Gasteiger partial charge in [0.2, 0.25) is 0 Å². The minimum atomic E-state index is -0.121. The molecule has 1 aromatic heterocycles. The molecule has 0 bridgehead atoms. The van der Waals surface area contributed by atoms with Crippen LogP contribution < -0.4 is 10.9 Å². The SMILES string of the molecule is Cc1cc(C)c(CNC(=O)N2CCN(CC(C)C)CC2)c(=O)[nH]1. The standard InChI is InChI=1S/C17H28N4O2/c1-12(2)11-20-5-7-21(8-6-20)17(23)18-10-15-13(3)9-14(4)19-16(15)22/h9,12H,5-8,10-11H2,1-4H3,(H,18,23)(H,19,22). The number of rotatable bonds is 4. The zero-order valence-electron chi connectivity index (χ0n) is 14.6. The number of aromatic nitrogens is 1. The van der Waals surface area contributed by atoms with Gasteiger partial charge in [0.15, 0.2) is 0 Å². The van der Waals surface area contributed by atoms with Gasteiger partial charge in [0.25, 0.3) is 5.56 Å². The van der Waals surface area contributed by atoms with Crippen LogP contribution in [0.3, 0.4) is 0 Å². The van der Waals surface area contributed by atoms with Crippen LogP contribution in [0.5, 0.6) is 0 Å². The molecule has 0 spiro atoms. The number of H-pyrrole nitrogens is 1. The van der Waals surface area contributed by atoms with Gasteiger partial charge in [-0.1, -0.05) is 13.8 Å². The molecule has 0 radical (unpaired) electrons. The van der Waals surface area contributed by atoms with Gasteiger partial charge in [0.1, 0.15) is 0 Å². The van der Waals surface area contributed by atoms with E-state index in [4.69, 9.17) is 0 Å². The van der Waals surface area contributed by atoms with Gasteiger partial charge in [0, 0.05) is 44.0 Å². The number of aryl methyl sites for hydroxylation is 2. The zero-order valence-corrected chi connectivity index (χ0v) is 14.6. The summed E-state index contributed by atoms with van der Waals surface area (Å²) in [5.41, 5.74) is 2.25. The Morgan fingerprint density at radius 2 is 1.91 bits per heavy atom. The molecular formula is C17H28N4O2. The summed E-state index contributed by atoms with van der Waals surface area (Å²) < 4.78 is 0. The van der Waals surface area contributed by atoms with Crippen molar-refractivity contribution < 1.29 is 4.79 Å². The number of nitrogens with one attached hydrogen (secondary N) is 2. The lowest BCUT2D eigenvalue weighted by Crippen LogP contribution is -2.52. The van der Waals surface area contributed by atoms with Gasteiger partial charge in [-0.15, -0.1) is 0 Å². The molecule has 0 unspecified atom stereocenters. The predicted molar refractivity (Wildman–Crippen MR) is 91.6 cm³/mol. The molecule has 1 saturated heterocycles. The van der Waals surface area contributed by atoms with E-state index >= 15 is 0 Å². The van der Waals surface area contributed by atoms with Crippen LogP contribution in [0.2, 0.25) is 0 Å². The molecule has 1 aliphatic rings. The average molecular weight is 320 g/mol. The van der Waals surface area contributed by atoms with Gasteiger partial charge in [-0.2, -0.15) is 0 Å². The van der Waals surface area contributed by atoms with Crippen molar-refractivity contribution in [3.8, 4) is 0 Å². The maximum atomic E-state index is 12.3. The number of piperazine rings is 1. The Bertz CT molecular complexity index is 601. The molecule has 2 N–H and O–H groups in total. The lowest BCUT2D eigenvalue weighted by Gasteiger charge is -2.35. The number of carbonyl (C=O) groups excluding carboxylic acids is 1. The summed E-state index contributed by atoms with van der Waals surface area (Å²) in [6.07, 6.45) is 0. The second-order valence-electron chi connectivity index (χ2n) is 6.78. The van der Waals surface area contributed by atoms with Crippen LogP contribution >= 0.6 is 0 Å². The van der Waals surface area contributed by atoms with Gasteiger partial charge in [-0.25, -0.2) is 4.79 Å². The molecule has 0 saturated carbocycles. The van der Waals surface area contributed by atoms with E-state index in [1.165, 1.54) is 0 Å². The third-order valence-electron chi connectivity index (χ3n) is 4.19. The molecule has 1 aliphatic heterocycles. The largest absolute Gasteiger partial charge is 0.334 e. The van der Waals surface area contributed by atoms with Crippen molar-refractivity contribution in [2.75, 3.05) is 32.7 Å². The monoisotopic (exact) mass is 320 g/mol. The van der Waals surface area contributed by atoms with E-state index in [9.17, 15) is 9.59 Å². The fourth-order valence-corrected chi connectivity index (χ4v) is 3.03. The Labute approximate surface area is 137 Å². The van der Waals surface area contributed by atoms with Crippen LogP contribution in [-0.2, 0) is 6.54 Å². The number of hydrogen-bond acceptors (Lipinski definition) is 3. The van der Waals surface area contributed by atoms with E-state index in [2.05, 4.69) is 29.0 Å². The lowest BCUT2D eigenvalue weighted by molar-refractivity contribution is 0.131. The number of hydrogen-bond donors (Lipinski definition) is 2. The zero-order chi connectivity index (χ0) is 17.0. The number of carbonyl (C=O) groups is 1. The highest BCUT2D eigenvalue weighted by Crippen LogP contribution is 2.07. The molecule has 6 heteroatoms. The van der Waals surface area contributed by atoms with E-state index in [-0.39, 0.29) is 18.1 Å². The summed E-state index contributed by atoms with van der Waals surface area (Å²) in [7, 11) is 0. The van der Waals surface area contributed by atoms with Crippen molar-refractivity contribution in [3.05, 3.63) is 33.2 Å². The smallest absolute Gasteiger partial charge is 0.317 e. The molecular weight excluding hydrogens is 292 g/mol. The highest BCUT2D eigenvalue weighted by Gasteiger charge is 2.21. The first-order chi connectivity index (χ1) is 10.9. The quantitative estimate of drug-likeness (QED) is 0.883. The molecule has 0 aromatic carbocycles. The molecule has 2 rings (SSSR count). The first-order valence-corrected chi connectivity index (χ1v) is 8.31. The Balaban J connectivity index is 1.86. The molecule has 2 heterocycles. The molecule has 1 fully saturated rings. The van der Waals surface area contributed by atoms with Crippen LogP contribution in [-0.4, -0.2) is 53.5 Å². The first kappa shape index (κ1) is 17.5. The Morgan fingerprint density at radius 1 is 1.26 bits per heavy atom. The highest BCUT2D eigenvalue weighted by molar-refractivity contribution is 5.74. The van der Waals surface area contributed by atoms with E-state index in [1.807, 2.05) is 24.8 Å². The summed E-state index contributed by atoms with van der Waals surface area (Å²) in [4.78, 5) is 31.2. The molecule has 128 valence electrons. The molecule has 2 amide bonds. The third kappa shape index (κ3) is 4.82. The Kier molecular flexibility index (Phi) is 5.82. The van der Waals surface area contributed by atoms with E-state index in [0.29, 0.717) is 11.5 Å². The van der Waals surface area contributed by atoms with Gasteiger partial charge >= 0.3 is 6.03 Å². The van der Waals surface area contributed by atoms with Gasteiger partial charge < -0.3 is 15.2 Å². The second-order valence-corrected chi connectivity index (χ2v) is 6.78. The third-order valence-corrected chi connectivity index (χ3v) is 4.19. The van der Waals surface area contributed by atoms with Crippen LogP contribution in [0.15, 0.2) is 10.9 Å². The summed E-state index contributed by atoms with van der Waals surface area (Å²) in [6.45, 7) is 12.8. The van der Waals surface area contributed by atoms with Crippen molar-refractivity contribution in [1.82, 2.24) is 20.1 Å². The number of amides is 2. The number of aromatic amines is 1. The minimum Gasteiger partial charge on any atom is -0.334 e. The number of pyridine rings is 1. The maximum absolute atomic E-state index is 12.3. The Morgan fingerprint density at radius 3 is 2.48 bits per heavy atom. The second kappa shape index (κ2) is 7.64. The minimum absolute atomic E-state index is 0.0893. The summed E-state index contributed by atoms with van der Waals surface area (Å²) in [6, 6.07) is 1.83. The fourth-order valence-electron chi connectivity index (χ4n) is 3.03. The van der Waals surface area contributed by atoms with Crippen molar-refractivity contribution in [1.29, 1.82) is 0 Å². The van der Waals surface area contributed by atoms with Gasteiger partial charge in [0.05, 0.1) is 6.54 Å². The summed E-state index contributed by atoms with van der Waals surface area (Å²) in [5.74, 6) is 0.645. The molecule has 1 aromatic rings. The molecule has 0 atom stereocenters. The van der Waals surface area contributed by atoms with E-state index < -0.39 is 0 Å². The van der Waals surface area contributed by atoms with Crippen LogP contribution in [0.1, 0.15) is 30.7 Å². The lowest BCUT2D eigenvalue weighted by atomic mass is 10.1. The Hall–Kier alpha value is -1.82. The van der Waals surface area contributed by atoms with Crippen molar-refractivity contribution >= 4 is 6.03 Å². The highest BCUT2D eigenvalue weighted by atomic mass is 16.2. The van der Waals surface area contributed by atoms with Gasteiger partial charge in [-0.05, 0) is 31.4 Å². The average Bonchev–Trinajstić information content (AvgIpc) is 2.46. The van der Waals surface area contributed by atoms with Gasteiger partial charge in [-0.3, -0.25) is 9.69 Å². The summed E-state index contributed by atoms with van der Waals surface area (Å²) >= 11 is 0. The van der Waals surface area contributed by atoms with E-state index in [1.54, 1.807) is 0 Å². The number of nitrogens with zero attached hydrogens (tertiary/aromatic N) is 2. The normalized spacial score (nSPS) is 16.0. The fraction of sp³-hybridized carbons (Fsp3) is 0.647. The molecule has 0 aliphatic carbocycles.